The van der Waals surface area contributed by atoms with E-state index in [1.54, 1.807) is 11.4 Å². The van der Waals surface area contributed by atoms with Crippen molar-refractivity contribution in [3.05, 3.63) is 0 Å². The molecule has 1 atom stereocenters. The Morgan fingerprint density at radius 1 is 1.47 bits per heavy atom. The van der Waals surface area contributed by atoms with Crippen molar-refractivity contribution in [2.45, 2.75) is 12.8 Å². The molecule has 0 radical (unpaired) electrons. The zero-order chi connectivity index (χ0) is 12.4. The van der Waals surface area contributed by atoms with E-state index < -0.39 is 10.2 Å². The number of ether oxygens (including phenoxy) is 1. The van der Waals surface area contributed by atoms with Crippen molar-refractivity contribution < 1.29 is 13.2 Å². The topological polar surface area (TPSA) is 70.7 Å². The van der Waals surface area contributed by atoms with Gasteiger partial charge in [0.2, 0.25) is 0 Å². The molecule has 0 aromatic heterocycles. The predicted octanol–water partition coefficient (Wildman–Crippen LogP) is -0.847. The van der Waals surface area contributed by atoms with Gasteiger partial charge in [0.15, 0.2) is 0 Å². The van der Waals surface area contributed by atoms with Crippen LogP contribution in [-0.2, 0) is 14.9 Å². The minimum Gasteiger partial charge on any atom is -0.383 e. The number of nitrogens with zero attached hydrogens (tertiary/aromatic N) is 1. The Morgan fingerprint density at radius 3 is 2.94 bits per heavy atom. The van der Waals surface area contributed by atoms with Crippen molar-refractivity contribution in [1.82, 2.24) is 14.3 Å². The molecule has 2 N–H and O–H groups in total. The number of hydrogen-bond acceptors (Lipinski definition) is 4. The summed E-state index contributed by atoms with van der Waals surface area (Å²) in [6.07, 6.45) is 2.04. The van der Waals surface area contributed by atoms with E-state index in [0.29, 0.717) is 26.2 Å². The van der Waals surface area contributed by atoms with Crippen molar-refractivity contribution >= 4 is 10.2 Å². The molecule has 2 rings (SSSR count). The van der Waals surface area contributed by atoms with E-state index in [2.05, 4.69) is 10.0 Å². The maximum absolute atomic E-state index is 12.0. The zero-order valence-corrected chi connectivity index (χ0v) is 11.1. The minimum atomic E-state index is -3.32. The number of hydrogen-bond donors (Lipinski definition) is 2. The van der Waals surface area contributed by atoms with Crippen LogP contribution >= 0.6 is 0 Å². The molecule has 0 aromatic carbocycles. The maximum Gasteiger partial charge on any atom is 0.279 e. The van der Waals surface area contributed by atoms with Gasteiger partial charge in [0.1, 0.15) is 0 Å². The molecule has 0 amide bonds. The normalized spacial score (nSPS) is 30.4. The molecule has 1 spiro atoms. The van der Waals surface area contributed by atoms with Gasteiger partial charge >= 0.3 is 0 Å². The van der Waals surface area contributed by atoms with Gasteiger partial charge in [0.25, 0.3) is 10.2 Å². The Balaban J connectivity index is 1.90. The number of rotatable bonds is 5. The van der Waals surface area contributed by atoms with E-state index in [4.69, 9.17) is 4.74 Å². The zero-order valence-electron chi connectivity index (χ0n) is 10.2. The molecule has 0 bridgehead atoms. The Labute approximate surface area is 103 Å². The predicted molar refractivity (Wildman–Crippen MR) is 64.9 cm³/mol. The van der Waals surface area contributed by atoms with Crippen LogP contribution in [0.4, 0.5) is 0 Å². The summed E-state index contributed by atoms with van der Waals surface area (Å²) in [5, 5.41) is 3.32. The highest BCUT2D eigenvalue weighted by molar-refractivity contribution is 7.87. The van der Waals surface area contributed by atoms with Crippen LogP contribution in [0.3, 0.4) is 0 Å². The molecular formula is C10H21N3O3S. The summed E-state index contributed by atoms with van der Waals surface area (Å²) in [6.45, 7) is 3.95. The van der Waals surface area contributed by atoms with Crippen LogP contribution in [0.25, 0.3) is 0 Å². The van der Waals surface area contributed by atoms with E-state index in [0.717, 1.165) is 25.9 Å². The Morgan fingerprint density at radius 2 is 2.29 bits per heavy atom. The average molecular weight is 263 g/mol. The smallest absolute Gasteiger partial charge is 0.279 e. The van der Waals surface area contributed by atoms with Crippen molar-refractivity contribution in [2.75, 3.05) is 46.4 Å². The highest BCUT2D eigenvalue weighted by atomic mass is 32.2. The fourth-order valence-electron chi connectivity index (χ4n) is 2.61. The fourth-order valence-corrected chi connectivity index (χ4v) is 3.91. The van der Waals surface area contributed by atoms with Gasteiger partial charge in [-0.3, -0.25) is 0 Å². The highest BCUT2D eigenvalue weighted by Crippen LogP contribution is 2.36. The quantitative estimate of drug-likeness (QED) is 0.634. The second-order valence-electron chi connectivity index (χ2n) is 4.90. The summed E-state index contributed by atoms with van der Waals surface area (Å²) in [5.41, 5.74) is 0.177. The van der Waals surface area contributed by atoms with Gasteiger partial charge in [0, 0.05) is 33.3 Å². The van der Waals surface area contributed by atoms with E-state index >= 15 is 0 Å². The molecule has 100 valence electrons. The Bertz CT molecular complexity index is 352. The first-order chi connectivity index (χ1) is 8.08. The minimum absolute atomic E-state index is 0.177. The molecule has 1 unspecified atom stereocenters. The molecule has 0 saturated carbocycles. The van der Waals surface area contributed by atoms with Crippen LogP contribution < -0.4 is 10.0 Å². The molecule has 0 aliphatic carbocycles. The lowest BCUT2D eigenvalue weighted by Gasteiger charge is -2.22. The SMILES string of the molecule is COCCNS(=O)(=O)N1CCC2(CCNC2)C1. The monoisotopic (exact) mass is 263 g/mol. The lowest BCUT2D eigenvalue weighted by Crippen LogP contribution is -2.42. The van der Waals surface area contributed by atoms with Crippen molar-refractivity contribution in [2.24, 2.45) is 5.41 Å². The molecule has 0 aromatic rings. The molecule has 2 saturated heterocycles. The second-order valence-corrected chi connectivity index (χ2v) is 6.66. The van der Waals surface area contributed by atoms with E-state index in [1.807, 2.05) is 0 Å². The number of nitrogens with one attached hydrogen (secondary N) is 2. The average Bonchev–Trinajstić information content (AvgIpc) is 2.90. The van der Waals surface area contributed by atoms with E-state index in [1.165, 1.54) is 0 Å². The summed E-state index contributed by atoms with van der Waals surface area (Å²) in [5.74, 6) is 0. The second kappa shape index (κ2) is 5.19. The first-order valence-electron chi connectivity index (χ1n) is 6.02. The molecule has 2 aliphatic rings. The summed E-state index contributed by atoms with van der Waals surface area (Å²) >= 11 is 0. The molecule has 2 fully saturated rings. The van der Waals surface area contributed by atoms with Crippen LogP contribution in [-0.4, -0.2) is 59.2 Å². The summed E-state index contributed by atoms with van der Waals surface area (Å²) < 4.78 is 32.9. The van der Waals surface area contributed by atoms with Gasteiger partial charge in [-0.05, 0) is 24.8 Å². The Hall–Kier alpha value is -0.210. The van der Waals surface area contributed by atoms with Crippen LogP contribution in [0.5, 0.6) is 0 Å². The van der Waals surface area contributed by atoms with E-state index in [9.17, 15) is 8.42 Å². The van der Waals surface area contributed by atoms with Crippen LogP contribution in [0.1, 0.15) is 12.8 Å². The van der Waals surface area contributed by atoms with E-state index in [-0.39, 0.29) is 5.41 Å². The molecule has 17 heavy (non-hydrogen) atoms. The summed E-state index contributed by atoms with van der Waals surface area (Å²) in [7, 11) is -1.76. The third-order valence-corrected chi connectivity index (χ3v) is 5.23. The van der Waals surface area contributed by atoms with Gasteiger partial charge in [-0.1, -0.05) is 0 Å². The van der Waals surface area contributed by atoms with Gasteiger partial charge in [-0.2, -0.15) is 17.4 Å². The van der Waals surface area contributed by atoms with Crippen LogP contribution in [0.2, 0.25) is 0 Å². The third-order valence-electron chi connectivity index (χ3n) is 3.67. The number of methoxy groups -OCH3 is 1. The fraction of sp³-hybridized carbons (Fsp3) is 1.00. The lowest BCUT2D eigenvalue weighted by atomic mass is 9.87. The maximum atomic E-state index is 12.0. The van der Waals surface area contributed by atoms with Gasteiger partial charge < -0.3 is 10.1 Å². The van der Waals surface area contributed by atoms with Gasteiger partial charge in [-0.25, -0.2) is 0 Å². The van der Waals surface area contributed by atoms with Gasteiger partial charge in [0.05, 0.1) is 6.61 Å². The first kappa shape index (κ1) is 13.2. The Kier molecular flexibility index (Phi) is 4.04. The van der Waals surface area contributed by atoms with Crippen molar-refractivity contribution in [3.8, 4) is 0 Å². The molecule has 6 nitrogen and oxygen atoms in total. The standard InChI is InChI=1S/C10H21N3O3S/c1-16-7-5-12-17(14,15)13-6-3-10(9-13)2-4-11-8-10/h11-12H,2-9H2,1H3. The van der Waals surface area contributed by atoms with Crippen molar-refractivity contribution in [1.29, 1.82) is 0 Å². The lowest BCUT2D eigenvalue weighted by molar-refractivity contribution is 0.203. The van der Waals surface area contributed by atoms with Crippen LogP contribution in [0.15, 0.2) is 0 Å². The molecule has 2 aliphatic heterocycles. The highest BCUT2D eigenvalue weighted by Gasteiger charge is 2.43. The molecule has 7 heteroatoms. The van der Waals surface area contributed by atoms with Gasteiger partial charge in [-0.15, -0.1) is 0 Å². The van der Waals surface area contributed by atoms with Crippen molar-refractivity contribution in [3.63, 3.8) is 0 Å². The third kappa shape index (κ3) is 2.97. The summed E-state index contributed by atoms with van der Waals surface area (Å²) in [6, 6.07) is 0. The first-order valence-corrected chi connectivity index (χ1v) is 7.46. The summed E-state index contributed by atoms with van der Waals surface area (Å²) in [4.78, 5) is 0. The molecule has 2 heterocycles. The molecular weight excluding hydrogens is 242 g/mol. The largest absolute Gasteiger partial charge is 0.383 e. The van der Waals surface area contributed by atoms with Crippen LogP contribution in [0, 0.1) is 5.41 Å².